The lowest BCUT2D eigenvalue weighted by Gasteiger charge is -2.35. The zero-order valence-electron chi connectivity index (χ0n) is 12.6. The maximum Gasteiger partial charge on any atom is 0.0750 e. The van der Waals surface area contributed by atoms with Crippen LogP contribution in [0.1, 0.15) is 25.3 Å². The van der Waals surface area contributed by atoms with Crippen LogP contribution in [0.2, 0.25) is 0 Å². The standard InChI is InChI=1S/C17H23N3O/c1-2-21-14-6-5-9-20(12-14)17-13(10-18)11-19-16-8-4-3-7-15(16)17/h3-4,7-8,11,14H,2,5-6,9-10,12,18H2,1H3. The van der Waals surface area contributed by atoms with Crippen molar-refractivity contribution in [1.82, 2.24) is 4.98 Å². The molecule has 0 aliphatic carbocycles. The molecule has 2 N–H and O–H groups in total. The highest BCUT2D eigenvalue weighted by atomic mass is 16.5. The number of benzene rings is 1. The third-order valence-corrected chi connectivity index (χ3v) is 4.14. The van der Waals surface area contributed by atoms with Crippen molar-refractivity contribution in [2.24, 2.45) is 5.73 Å². The van der Waals surface area contributed by atoms with Crippen molar-refractivity contribution in [2.75, 3.05) is 24.6 Å². The molecule has 2 aromatic rings. The molecule has 4 heteroatoms. The fraction of sp³-hybridized carbons (Fsp3) is 0.471. The van der Waals surface area contributed by atoms with Crippen LogP contribution in [0.25, 0.3) is 10.9 Å². The number of rotatable bonds is 4. The molecule has 112 valence electrons. The van der Waals surface area contributed by atoms with E-state index in [-0.39, 0.29) is 0 Å². The van der Waals surface area contributed by atoms with E-state index in [0.29, 0.717) is 12.6 Å². The van der Waals surface area contributed by atoms with Crippen LogP contribution in [0.3, 0.4) is 0 Å². The van der Waals surface area contributed by atoms with E-state index in [2.05, 4.69) is 35.0 Å². The first kappa shape index (κ1) is 14.3. The van der Waals surface area contributed by atoms with Crippen LogP contribution in [0.4, 0.5) is 5.69 Å². The van der Waals surface area contributed by atoms with Crippen LogP contribution in [-0.2, 0) is 11.3 Å². The van der Waals surface area contributed by atoms with Crippen molar-refractivity contribution in [3.63, 3.8) is 0 Å². The van der Waals surface area contributed by atoms with Crippen molar-refractivity contribution in [1.29, 1.82) is 0 Å². The molecule has 0 amide bonds. The summed E-state index contributed by atoms with van der Waals surface area (Å²) in [6.07, 6.45) is 4.54. The van der Waals surface area contributed by atoms with Gasteiger partial charge in [-0.15, -0.1) is 0 Å². The summed E-state index contributed by atoms with van der Waals surface area (Å²) in [5, 5.41) is 1.19. The van der Waals surface area contributed by atoms with Gasteiger partial charge in [-0.25, -0.2) is 0 Å². The topological polar surface area (TPSA) is 51.4 Å². The number of nitrogens with zero attached hydrogens (tertiary/aromatic N) is 2. The monoisotopic (exact) mass is 285 g/mol. The highest BCUT2D eigenvalue weighted by Crippen LogP contribution is 2.31. The second kappa shape index (κ2) is 6.41. The van der Waals surface area contributed by atoms with Crippen LogP contribution < -0.4 is 10.6 Å². The highest BCUT2D eigenvalue weighted by molar-refractivity contribution is 5.93. The van der Waals surface area contributed by atoms with Gasteiger partial charge in [0, 0.05) is 43.4 Å². The van der Waals surface area contributed by atoms with Gasteiger partial charge in [-0.1, -0.05) is 18.2 Å². The van der Waals surface area contributed by atoms with Gasteiger partial charge >= 0.3 is 0 Å². The number of piperidine rings is 1. The van der Waals surface area contributed by atoms with Gasteiger partial charge in [-0.3, -0.25) is 4.98 Å². The second-order valence-corrected chi connectivity index (χ2v) is 5.52. The van der Waals surface area contributed by atoms with Crippen molar-refractivity contribution in [2.45, 2.75) is 32.4 Å². The minimum atomic E-state index is 0.321. The van der Waals surface area contributed by atoms with Gasteiger partial charge in [0.25, 0.3) is 0 Å². The van der Waals surface area contributed by atoms with Gasteiger partial charge in [0.2, 0.25) is 0 Å². The number of para-hydroxylation sites is 1. The minimum absolute atomic E-state index is 0.321. The molecular weight excluding hydrogens is 262 g/mol. The van der Waals surface area contributed by atoms with E-state index in [1.807, 2.05) is 12.3 Å². The molecule has 1 fully saturated rings. The zero-order valence-corrected chi connectivity index (χ0v) is 12.6. The van der Waals surface area contributed by atoms with Gasteiger partial charge < -0.3 is 15.4 Å². The van der Waals surface area contributed by atoms with E-state index in [1.54, 1.807) is 0 Å². The molecule has 1 aliphatic rings. The zero-order chi connectivity index (χ0) is 14.7. The molecule has 3 rings (SSSR count). The smallest absolute Gasteiger partial charge is 0.0750 e. The van der Waals surface area contributed by atoms with Crippen molar-refractivity contribution in [3.8, 4) is 0 Å². The van der Waals surface area contributed by atoms with Crippen LogP contribution in [-0.4, -0.2) is 30.8 Å². The van der Waals surface area contributed by atoms with E-state index in [4.69, 9.17) is 10.5 Å². The predicted molar refractivity (Wildman–Crippen MR) is 86.5 cm³/mol. The number of fused-ring (bicyclic) bond motifs is 1. The van der Waals surface area contributed by atoms with E-state index < -0.39 is 0 Å². The SMILES string of the molecule is CCOC1CCCN(c2c(CN)cnc3ccccc23)C1. The second-order valence-electron chi connectivity index (χ2n) is 5.52. The number of ether oxygens (including phenoxy) is 1. The van der Waals surface area contributed by atoms with Gasteiger partial charge in [-0.05, 0) is 25.8 Å². The van der Waals surface area contributed by atoms with Crippen LogP contribution in [0.15, 0.2) is 30.5 Å². The fourth-order valence-electron chi connectivity index (χ4n) is 3.20. The molecule has 0 radical (unpaired) electrons. The summed E-state index contributed by atoms with van der Waals surface area (Å²) in [5.41, 5.74) is 9.33. The molecule has 0 bridgehead atoms. The molecule has 1 atom stereocenters. The first-order valence-corrected chi connectivity index (χ1v) is 7.76. The maximum atomic E-state index is 5.94. The number of hydrogen-bond acceptors (Lipinski definition) is 4. The Labute approximate surface area is 125 Å². The number of hydrogen-bond donors (Lipinski definition) is 1. The molecule has 21 heavy (non-hydrogen) atoms. The summed E-state index contributed by atoms with van der Waals surface area (Å²) in [7, 11) is 0. The first-order chi connectivity index (χ1) is 10.3. The van der Waals surface area contributed by atoms with Gasteiger partial charge in [0.05, 0.1) is 17.3 Å². The summed E-state index contributed by atoms with van der Waals surface area (Å²) in [5.74, 6) is 0. The molecule has 1 unspecified atom stereocenters. The Hall–Kier alpha value is -1.65. The van der Waals surface area contributed by atoms with E-state index >= 15 is 0 Å². The average molecular weight is 285 g/mol. The van der Waals surface area contributed by atoms with Gasteiger partial charge in [0.15, 0.2) is 0 Å². The lowest BCUT2D eigenvalue weighted by Crippen LogP contribution is -2.40. The normalized spacial score (nSPS) is 19.1. The molecule has 0 saturated carbocycles. The Morgan fingerprint density at radius 2 is 2.24 bits per heavy atom. The van der Waals surface area contributed by atoms with E-state index in [9.17, 15) is 0 Å². The molecule has 1 aromatic carbocycles. The van der Waals surface area contributed by atoms with Gasteiger partial charge in [0.1, 0.15) is 0 Å². The minimum Gasteiger partial charge on any atom is -0.377 e. The van der Waals surface area contributed by atoms with Gasteiger partial charge in [-0.2, -0.15) is 0 Å². The molecule has 4 nitrogen and oxygen atoms in total. The quantitative estimate of drug-likeness (QED) is 0.938. The summed E-state index contributed by atoms with van der Waals surface area (Å²) in [4.78, 5) is 6.95. The molecule has 0 spiro atoms. The lowest BCUT2D eigenvalue weighted by molar-refractivity contribution is 0.0527. The maximum absolute atomic E-state index is 5.94. The largest absolute Gasteiger partial charge is 0.377 e. The third kappa shape index (κ3) is 2.87. The average Bonchev–Trinajstić information content (AvgIpc) is 2.54. The Balaban J connectivity index is 2.01. The number of aromatic nitrogens is 1. The summed E-state index contributed by atoms with van der Waals surface area (Å²) in [6.45, 7) is 5.35. The Morgan fingerprint density at radius 1 is 1.38 bits per heavy atom. The first-order valence-electron chi connectivity index (χ1n) is 7.76. The van der Waals surface area contributed by atoms with Crippen molar-refractivity contribution >= 4 is 16.6 Å². The number of nitrogens with two attached hydrogens (primary N) is 1. The Kier molecular flexibility index (Phi) is 4.36. The van der Waals surface area contributed by atoms with E-state index in [1.165, 1.54) is 11.1 Å². The highest BCUT2D eigenvalue weighted by Gasteiger charge is 2.23. The van der Waals surface area contributed by atoms with Crippen LogP contribution >= 0.6 is 0 Å². The number of pyridine rings is 1. The lowest BCUT2D eigenvalue weighted by atomic mass is 10.0. The molecule has 1 aromatic heterocycles. The Bertz CT molecular complexity index is 612. The molecule has 1 saturated heterocycles. The van der Waals surface area contributed by atoms with E-state index in [0.717, 1.165) is 43.6 Å². The third-order valence-electron chi connectivity index (χ3n) is 4.14. The fourth-order valence-corrected chi connectivity index (χ4v) is 3.20. The number of anilines is 1. The van der Waals surface area contributed by atoms with Crippen molar-refractivity contribution < 1.29 is 4.74 Å². The molecule has 2 heterocycles. The molecular formula is C17H23N3O. The molecule has 1 aliphatic heterocycles. The predicted octanol–water partition coefficient (Wildman–Crippen LogP) is 2.70. The summed E-state index contributed by atoms with van der Waals surface area (Å²) < 4.78 is 5.83. The summed E-state index contributed by atoms with van der Waals surface area (Å²) >= 11 is 0. The van der Waals surface area contributed by atoms with Crippen LogP contribution in [0, 0.1) is 0 Å². The Morgan fingerprint density at radius 3 is 3.05 bits per heavy atom. The summed E-state index contributed by atoms with van der Waals surface area (Å²) in [6, 6.07) is 8.29. The van der Waals surface area contributed by atoms with Crippen molar-refractivity contribution in [3.05, 3.63) is 36.0 Å². The van der Waals surface area contributed by atoms with Crippen LogP contribution in [0.5, 0.6) is 0 Å².